The molecule has 6 nitrogen and oxygen atoms in total. The van der Waals surface area contributed by atoms with Crippen molar-refractivity contribution in [1.29, 1.82) is 0 Å². The number of aromatic nitrogens is 2. The number of carbonyl (C=O) groups is 1. The number of thioether (sulfide) groups is 1. The average Bonchev–Trinajstić information content (AvgIpc) is 2.51. The molecule has 0 amide bonds. The van der Waals surface area contributed by atoms with Gasteiger partial charge in [0.1, 0.15) is 6.54 Å². The summed E-state index contributed by atoms with van der Waals surface area (Å²) in [6.45, 7) is 1.63. The molecule has 7 heteroatoms. The number of aliphatic carboxylic acids is 1. The number of para-hydroxylation sites is 1. The number of carboxylic acids is 1. The van der Waals surface area contributed by atoms with Crippen LogP contribution >= 0.6 is 11.8 Å². The quantitative estimate of drug-likeness (QED) is 0.795. The number of nitrogens with one attached hydrogen (secondary N) is 1. The number of anilines is 2. The molecule has 1 aromatic heterocycles. The minimum atomic E-state index is -1.07. The molecule has 0 aliphatic rings. The summed E-state index contributed by atoms with van der Waals surface area (Å²) in [7, 11) is 0. The first-order valence-corrected chi connectivity index (χ1v) is 7.99. The Balaban J connectivity index is 2.44. The maximum absolute atomic E-state index is 12.4. The Labute approximate surface area is 132 Å². The number of hydrogen-bond donors (Lipinski definition) is 2. The van der Waals surface area contributed by atoms with Crippen LogP contribution in [0.3, 0.4) is 0 Å². The van der Waals surface area contributed by atoms with E-state index in [1.165, 1.54) is 22.5 Å². The Morgan fingerprint density at radius 1 is 1.41 bits per heavy atom. The van der Waals surface area contributed by atoms with Gasteiger partial charge in [0.25, 0.3) is 5.56 Å². The van der Waals surface area contributed by atoms with E-state index in [1.807, 2.05) is 31.2 Å². The largest absolute Gasteiger partial charge is 0.480 e. The summed E-state index contributed by atoms with van der Waals surface area (Å²) in [4.78, 5) is 27.5. The van der Waals surface area contributed by atoms with Crippen LogP contribution in [0.1, 0.15) is 12.5 Å². The summed E-state index contributed by atoms with van der Waals surface area (Å²) in [5.41, 5.74) is 1.41. The van der Waals surface area contributed by atoms with Crippen molar-refractivity contribution in [2.45, 2.75) is 24.9 Å². The first-order chi connectivity index (χ1) is 10.6. The first kappa shape index (κ1) is 16.1. The van der Waals surface area contributed by atoms with Gasteiger partial charge in [0.2, 0.25) is 0 Å². The fourth-order valence-corrected chi connectivity index (χ4v) is 2.61. The second-order valence-corrected chi connectivity index (χ2v) is 5.40. The third-order valence-electron chi connectivity index (χ3n) is 3.17. The van der Waals surface area contributed by atoms with Crippen molar-refractivity contribution in [2.75, 3.05) is 11.6 Å². The standard InChI is InChI=1S/C15H17N3O3S/c1-3-10-6-4-5-7-11(10)17-14-15(21)18(9-13(19)20)12(22-2)8-16-14/h4-8H,3,9H2,1-2H3,(H,16,17)(H,19,20). The van der Waals surface area contributed by atoms with Gasteiger partial charge in [-0.1, -0.05) is 25.1 Å². The van der Waals surface area contributed by atoms with Crippen molar-refractivity contribution in [2.24, 2.45) is 0 Å². The Bertz CT molecular complexity index is 743. The van der Waals surface area contributed by atoms with Gasteiger partial charge in [-0.2, -0.15) is 0 Å². The fourth-order valence-electron chi connectivity index (χ4n) is 2.08. The summed E-state index contributed by atoms with van der Waals surface area (Å²) in [5.74, 6) is -0.941. The van der Waals surface area contributed by atoms with Crippen molar-refractivity contribution in [3.8, 4) is 0 Å². The summed E-state index contributed by atoms with van der Waals surface area (Å²) in [6.07, 6.45) is 4.09. The molecule has 0 aliphatic carbocycles. The topological polar surface area (TPSA) is 84.2 Å². The van der Waals surface area contributed by atoms with Crippen LogP contribution in [-0.2, 0) is 17.8 Å². The Morgan fingerprint density at radius 2 is 2.14 bits per heavy atom. The van der Waals surface area contributed by atoms with Crippen LogP contribution in [0.5, 0.6) is 0 Å². The number of aryl methyl sites for hydroxylation is 1. The molecule has 0 bridgehead atoms. The number of hydrogen-bond acceptors (Lipinski definition) is 5. The van der Waals surface area contributed by atoms with E-state index in [9.17, 15) is 9.59 Å². The van der Waals surface area contributed by atoms with Gasteiger partial charge < -0.3 is 10.4 Å². The van der Waals surface area contributed by atoms with Crippen molar-refractivity contribution < 1.29 is 9.90 Å². The summed E-state index contributed by atoms with van der Waals surface area (Å²) < 4.78 is 1.21. The molecule has 0 saturated carbocycles. The van der Waals surface area contributed by atoms with Crippen LogP contribution in [0.15, 0.2) is 40.3 Å². The van der Waals surface area contributed by atoms with Gasteiger partial charge in [0.05, 0.1) is 11.2 Å². The molecule has 116 valence electrons. The average molecular weight is 319 g/mol. The molecule has 2 aromatic rings. The molecule has 2 N–H and O–H groups in total. The van der Waals surface area contributed by atoms with Crippen molar-refractivity contribution in [3.63, 3.8) is 0 Å². The van der Waals surface area contributed by atoms with Crippen molar-refractivity contribution in [1.82, 2.24) is 9.55 Å². The highest BCUT2D eigenvalue weighted by Gasteiger charge is 2.13. The molecule has 0 radical (unpaired) electrons. The number of carboxylic acid groups (broad SMARTS) is 1. The van der Waals surface area contributed by atoms with E-state index in [0.29, 0.717) is 5.03 Å². The monoisotopic (exact) mass is 319 g/mol. The zero-order chi connectivity index (χ0) is 16.1. The molecule has 0 unspecified atom stereocenters. The summed E-state index contributed by atoms with van der Waals surface area (Å²) in [5, 5.41) is 12.5. The second kappa shape index (κ2) is 7.13. The van der Waals surface area contributed by atoms with Crippen LogP contribution in [0.4, 0.5) is 11.5 Å². The smallest absolute Gasteiger partial charge is 0.323 e. The van der Waals surface area contributed by atoms with Crippen LogP contribution in [0.2, 0.25) is 0 Å². The lowest BCUT2D eigenvalue weighted by Gasteiger charge is -2.13. The van der Waals surface area contributed by atoms with E-state index in [2.05, 4.69) is 10.3 Å². The zero-order valence-electron chi connectivity index (χ0n) is 12.4. The predicted molar refractivity (Wildman–Crippen MR) is 87.0 cm³/mol. The SMILES string of the molecule is CCc1ccccc1Nc1ncc(SC)n(CC(=O)O)c1=O. The fraction of sp³-hybridized carbons (Fsp3) is 0.267. The molecular formula is C15H17N3O3S. The van der Waals surface area contributed by atoms with Gasteiger partial charge in [-0.15, -0.1) is 11.8 Å². The van der Waals surface area contributed by atoms with Crippen LogP contribution in [0.25, 0.3) is 0 Å². The first-order valence-electron chi connectivity index (χ1n) is 6.77. The van der Waals surface area contributed by atoms with Crippen molar-refractivity contribution in [3.05, 3.63) is 46.4 Å². The molecule has 0 saturated heterocycles. The van der Waals surface area contributed by atoms with Gasteiger partial charge in [-0.3, -0.25) is 14.2 Å². The maximum Gasteiger partial charge on any atom is 0.323 e. The van der Waals surface area contributed by atoms with Gasteiger partial charge in [-0.05, 0) is 24.3 Å². The maximum atomic E-state index is 12.4. The molecule has 1 heterocycles. The molecule has 22 heavy (non-hydrogen) atoms. The lowest BCUT2D eigenvalue weighted by atomic mass is 10.1. The molecule has 0 spiro atoms. The Kier molecular flexibility index (Phi) is 5.21. The number of rotatable bonds is 6. The summed E-state index contributed by atoms with van der Waals surface area (Å²) >= 11 is 1.28. The Hall–Kier alpha value is -2.28. The molecule has 1 aromatic carbocycles. The van der Waals surface area contributed by atoms with E-state index in [4.69, 9.17) is 5.11 Å². The molecule has 0 fully saturated rings. The zero-order valence-corrected chi connectivity index (χ0v) is 13.2. The van der Waals surface area contributed by atoms with Gasteiger partial charge in [0, 0.05) is 5.69 Å². The molecule has 0 aliphatic heterocycles. The predicted octanol–water partition coefficient (Wildman–Crippen LogP) is 2.36. The normalized spacial score (nSPS) is 10.5. The van der Waals surface area contributed by atoms with Crippen LogP contribution in [-0.4, -0.2) is 26.9 Å². The van der Waals surface area contributed by atoms with Crippen molar-refractivity contribution >= 4 is 29.2 Å². The van der Waals surface area contributed by atoms with Gasteiger partial charge in [0.15, 0.2) is 5.82 Å². The third-order valence-corrected chi connectivity index (χ3v) is 3.92. The highest BCUT2D eigenvalue weighted by atomic mass is 32.2. The summed E-state index contributed by atoms with van der Waals surface area (Å²) in [6, 6.07) is 7.63. The van der Waals surface area contributed by atoms with Gasteiger partial charge >= 0.3 is 5.97 Å². The highest BCUT2D eigenvalue weighted by molar-refractivity contribution is 7.98. The van der Waals surface area contributed by atoms with Crippen LogP contribution < -0.4 is 10.9 Å². The van der Waals surface area contributed by atoms with E-state index in [0.717, 1.165) is 17.7 Å². The Morgan fingerprint density at radius 3 is 2.77 bits per heavy atom. The van der Waals surface area contributed by atoms with E-state index < -0.39 is 11.5 Å². The number of nitrogens with zero attached hydrogens (tertiary/aromatic N) is 2. The third kappa shape index (κ3) is 3.48. The second-order valence-electron chi connectivity index (χ2n) is 4.57. The molecular weight excluding hydrogens is 302 g/mol. The molecule has 0 atom stereocenters. The minimum absolute atomic E-state index is 0.125. The van der Waals surface area contributed by atoms with E-state index >= 15 is 0 Å². The van der Waals surface area contributed by atoms with Crippen LogP contribution in [0, 0.1) is 0 Å². The minimum Gasteiger partial charge on any atom is -0.480 e. The van der Waals surface area contributed by atoms with Gasteiger partial charge in [-0.25, -0.2) is 4.98 Å². The lowest BCUT2D eigenvalue weighted by Crippen LogP contribution is -2.28. The highest BCUT2D eigenvalue weighted by Crippen LogP contribution is 2.19. The number of benzene rings is 1. The van der Waals surface area contributed by atoms with E-state index in [1.54, 1.807) is 6.26 Å². The lowest BCUT2D eigenvalue weighted by molar-refractivity contribution is -0.137. The molecule has 2 rings (SSSR count). The van der Waals surface area contributed by atoms with E-state index in [-0.39, 0.29) is 12.4 Å².